The number of aryl methyl sites for hydroxylation is 1. The molecule has 0 saturated carbocycles. The van der Waals surface area contributed by atoms with Crippen molar-refractivity contribution in [1.29, 1.82) is 0 Å². The van der Waals surface area contributed by atoms with Crippen molar-refractivity contribution in [2.75, 3.05) is 6.54 Å². The summed E-state index contributed by atoms with van der Waals surface area (Å²) in [7, 11) is 1.88. The molecule has 1 rings (SSSR count). The fourth-order valence-electron chi connectivity index (χ4n) is 0.815. The quantitative estimate of drug-likeness (QED) is 0.609. The van der Waals surface area contributed by atoms with Crippen LogP contribution >= 0.6 is 0 Å². The molecule has 0 aliphatic heterocycles. The summed E-state index contributed by atoms with van der Waals surface area (Å²) in [4.78, 5) is 0. The maximum atomic E-state index is 5.36. The minimum atomic E-state index is 0.638. The highest BCUT2D eigenvalue weighted by atomic mass is 15.4. The normalized spacial score (nSPS) is 10.3. The average Bonchev–Trinajstić information content (AvgIpc) is 2.20. The van der Waals surface area contributed by atoms with Gasteiger partial charge in [-0.15, -0.1) is 5.10 Å². The third kappa shape index (κ3) is 1.16. The molecule has 4 nitrogen and oxygen atoms in total. The molecule has 0 saturated heterocycles. The molecule has 1 aromatic rings. The molecule has 1 heterocycles. The summed E-state index contributed by atoms with van der Waals surface area (Å²) in [6, 6.07) is 0. The van der Waals surface area contributed by atoms with Crippen molar-refractivity contribution in [3.05, 3.63) is 11.4 Å². The molecule has 56 valence electrons. The molecule has 0 bridgehead atoms. The van der Waals surface area contributed by atoms with Gasteiger partial charge in [0.15, 0.2) is 0 Å². The molecule has 2 N–H and O–H groups in total. The van der Waals surface area contributed by atoms with E-state index >= 15 is 0 Å². The second-order valence-corrected chi connectivity index (χ2v) is 2.28. The molecule has 1 aromatic heterocycles. The van der Waals surface area contributed by atoms with Crippen LogP contribution in [0.15, 0.2) is 0 Å². The lowest BCUT2D eigenvalue weighted by Gasteiger charge is -1.93. The predicted molar refractivity (Wildman–Crippen MR) is 38.5 cm³/mol. The fraction of sp³-hybridized carbons (Fsp3) is 0.667. The Morgan fingerprint density at radius 3 is 2.70 bits per heavy atom. The van der Waals surface area contributed by atoms with Gasteiger partial charge < -0.3 is 5.73 Å². The van der Waals surface area contributed by atoms with Gasteiger partial charge in [0.25, 0.3) is 0 Å². The van der Waals surface area contributed by atoms with Gasteiger partial charge in [0.05, 0.1) is 11.4 Å². The van der Waals surface area contributed by atoms with Crippen LogP contribution in [0.2, 0.25) is 0 Å². The Balaban J connectivity index is 2.83. The van der Waals surface area contributed by atoms with Crippen LogP contribution in [0.1, 0.15) is 11.4 Å². The molecule has 0 spiro atoms. The molecule has 10 heavy (non-hydrogen) atoms. The van der Waals surface area contributed by atoms with E-state index in [0.29, 0.717) is 6.54 Å². The monoisotopic (exact) mass is 140 g/mol. The second-order valence-electron chi connectivity index (χ2n) is 2.28. The summed E-state index contributed by atoms with van der Waals surface area (Å²) >= 11 is 0. The number of hydrogen-bond acceptors (Lipinski definition) is 3. The van der Waals surface area contributed by atoms with Gasteiger partial charge in [-0.05, 0) is 13.5 Å². The summed E-state index contributed by atoms with van der Waals surface area (Å²) in [5.74, 6) is 0. The van der Waals surface area contributed by atoms with Crippen molar-refractivity contribution in [2.24, 2.45) is 12.8 Å². The molecule has 0 atom stereocenters. The molecule has 0 aliphatic carbocycles. The second kappa shape index (κ2) is 2.79. The third-order valence-corrected chi connectivity index (χ3v) is 1.58. The van der Waals surface area contributed by atoms with Crippen molar-refractivity contribution in [3.8, 4) is 0 Å². The predicted octanol–water partition coefficient (Wildman–Crippen LogP) is -0.375. The minimum absolute atomic E-state index is 0.638. The van der Waals surface area contributed by atoms with Crippen LogP contribution in [0, 0.1) is 6.92 Å². The van der Waals surface area contributed by atoms with Crippen molar-refractivity contribution in [3.63, 3.8) is 0 Å². The SMILES string of the molecule is Cc1c(CCN)nnn1C. The summed E-state index contributed by atoms with van der Waals surface area (Å²) in [5.41, 5.74) is 7.47. The molecule has 4 heteroatoms. The standard InChI is InChI=1S/C6H12N4/c1-5-6(3-4-7)8-9-10(5)2/h3-4,7H2,1-2H3. The Morgan fingerprint density at radius 1 is 1.60 bits per heavy atom. The van der Waals surface area contributed by atoms with E-state index in [9.17, 15) is 0 Å². The third-order valence-electron chi connectivity index (χ3n) is 1.58. The van der Waals surface area contributed by atoms with E-state index in [1.165, 1.54) is 0 Å². The van der Waals surface area contributed by atoms with Gasteiger partial charge in [0.1, 0.15) is 0 Å². The zero-order valence-electron chi connectivity index (χ0n) is 6.33. The molecular weight excluding hydrogens is 128 g/mol. The van der Waals surface area contributed by atoms with E-state index in [-0.39, 0.29) is 0 Å². The maximum absolute atomic E-state index is 5.36. The van der Waals surface area contributed by atoms with Crippen LogP contribution in [-0.2, 0) is 13.5 Å². The van der Waals surface area contributed by atoms with E-state index < -0.39 is 0 Å². The number of nitrogens with two attached hydrogens (primary N) is 1. The lowest BCUT2D eigenvalue weighted by Crippen LogP contribution is -2.04. The average molecular weight is 140 g/mol. The van der Waals surface area contributed by atoms with E-state index in [4.69, 9.17) is 5.73 Å². The van der Waals surface area contributed by atoms with Crippen LogP contribution in [0.5, 0.6) is 0 Å². The smallest absolute Gasteiger partial charge is 0.0868 e. The van der Waals surface area contributed by atoms with Crippen molar-refractivity contribution < 1.29 is 0 Å². The zero-order chi connectivity index (χ0) is 7.56. The minimum Gasteiger partial charge on any atom is -0.330 e. The van der Waals surface area contributed by atoms with Crippen molar-refractivity contribution >= 4 is 0 Å². The first-order chi connectivity index (χ1) is 4.75. The lowest BCUT2D eigenvalue weighted by molar-refractivity contribution is 0.696. The Bertz CT molecular complexity index is 216. The lowest BCUT2D eigenvalue weighted by atomic mass is 10.2. The van der Waals surface area contributed by atoms with Gasteiger partial charge >= 0.3 is 0 Å². The summed E-state index contributed by atoms with van der Waals surface area (Å²) in [6.45, 7) is 2.63. The van der Waals surface area contributed by atoms with Crippen molar-refractivity contribution in [2.45, 2.75) is 13.3 Å². The van der Waals surface area contributed by atoms with Crippen LogP contribution < -0.4 is 5.73 Å². The zero-order valence-corrected chi connectivity index (χ0v) is 6.33. The fourth-order valence-corrected chi connectivity index (χ4v) is 0.815. The highest BCUT2D eigenvalue weighted by Gasteiger charge is 2.02. The molecule has 0 radical (unpaired) electrons. The molecule has 0 unspecified atom stereocenters. The van der Waals surface area contributed by atoms with Gasteiger partial charge in [0, 0.05) is 13.5 Å². The van der Waals surface area contributed by atoms with Gasteiger partial charge in [-0.1, -0.05) is 5.21 Å². The summed E-state index contributed by atoms with van der Waals surface area (Å²) < 4.78 is 1.75. The van der Waals surface area contributed by atoms with Crippen LogP contribution in [0.4, 0.5) is 0 Å². The summed E-state index contributed by atoms with van der Waals surface area (Å²) in [6.07, 6.45) is 0.819. The van der Waals surface area contributed by atoms with Crippen LogP contribution in [0.3, 0.4) is 0 Å². The van der Waals surface area contributed by atoms with Crippen LogP contribution in [-0.4, -0.2) is 21.5 Å². The van der Waals surface area contributed by atoms with Gasteiger partial charge in [-0.25, -0.2) is 0 Å². The molecular formula is C6H12N4. The molecule has 0 amide bonds. The first kappa shape index (κ1) is 7.21. The Morgan fingerprint density at radius 2 is 2.30 bits per heavy atom. The van der Waals surface area contributed by atoms with E-state index in [0.717, 1.165) is 17.8 Å². The van der Waals surface area contributed by atoms with E-state index in [1.54, 1.807) is 4.68 Å². The molecule has 0 fully saturated rings. The molecule has 0 aliphatic rings. The highest BCUT2D eigenvalue weighted by molar-refractivity contribution is 5.07. The van der Waals surface area contributed by atoms with Gasteiger partial charge in [-0.2, -0.15) is 0 Å². The van der Waals surface area contributed by atoms with E-state index in [2.05, 4.69) is 10.3 Å². The first-order valence-electron chi connectivity index (χ1n) is 3.31. The number of rotatable bonds is 2. The number of aromatic nitrogens is 3. The van der Waals surface area contributed by atoms with E-state index in [1.807, 2.05) is 14.0 Å². The maximum Gasteiger partial charge on any atom is 0.0868 e. The Kier molecular flexibility index (Phi) is 2.01. The summed E-state index contributed by atoms with van der Waals surface area (Å²) in [5, 5.41) is 7.78. The Labute approximate surface area is 60.0 Å². The number of nitrogens with zero attached hydrogens (tertiary/aromatic N) is 3. The van der Waals surface area contributed by atoms with Crippen molar-refractivity contribution in [1.82, 2.24) is 15.0 Å². The highest BCUT2D eigenvalue weighted by Crippen LogP contribution is 2.00. The first-order valence-corrected chi connectivity index (χ1v) is 3.31. The Hall–Kier alpha value is -0.900. The van der Waals surface area contributed by atoms with Gasteiger partial charge in [-0.3, -0.25) is 4.68 Å². The largest absolute Gasteiger partial charge is 0.330 e. The molecule has 0 aromatic carbocycles. The van der Waals surface area contributed by atoms with Crippen LogP contribution in [0.25, 0.3) is 0 Å². The number of hydrogen-bond donors (Lipinski definition) is 1. The topological polar surface area (TPSA) is 56.7 Å². The van der Waals surface area contributed by atoms with Gasteiger partial charge in [0.2, 0.25) is 0 Å².